The molecule has 4 aliphatic rings. The third-order valence-corrected chi connectivity index (χ3v) is 14.5. The molecule has 2 fully saturated rings. The number of fused-ring (bicyclic) bond motifs is 5. The predicted octanol–water partition coefficient (Wildman–Crippen LogP) is 6.64. The molecule has 4 rings (SSSR count). The van der Waals surface area contributed by atoms with Crippen molar-refractivity contribution in [2.24, 2.45) is 29.1 Å². The van der Waals surface area contributed by atoms with Gasteiger partial charge in [0.05, 0.1) is 6.10 Å². The molecule has 0 heterocycles. The van der Waals surface area contributed by atoms with Crippen LogP contribution in [0.15, 0.2) is 22.8 Å². The summed E-state index contributed by atoms with van der Waals surface area (Å²) in [4.78, 5) is 24.8. The van der Waals surface area contributed by atoms with E-state index < -0.39 is 8.32 Å². The van der Waals surface area contributed by atoms with Crippen LogP contribution >= 0.6 is 0 Å². The second kappa shape index (κ2) is 7.51. The molecule has 6 atom stereocenters. The quantitative estimate of drug-likeness (QED) is 0.363. The molecule has 31 heavy (non-hydrogen) atoms. The van der Waals surface area contributed by atoms with Gasteiger partial charge < -0.3 is 4.43 Å². The van der Waals surface area contributed by atoms with Crippen LogP contribution in [0.3, 0.4) is 0 Å². The zero-order chi connectivity index (χ0) is 22.9. The highest BCUT2D eigenvalue weighted by Gasteiger charge is 2.57. The highest BCUT2D eigenvalue weighted by Crippen LogP contribution is 2.64. The van der Waals surface area contributed by atoms with E-state index in [0.717, 1.165) is 32.1 Å². The van der Waals surface area contributed by atoms with Gasteiger partial charge in [-0.05, 0) is 87.4 Å². The summed E-state index contributed by atoms with van der Waals surface area (Å²) < 4.78 is 7.10. The molecule has 4 aliphatic carbocycles. The first-order chi connectivity index (χ1) is 14.3. The van der Waals surface area contributed by atoms with Crippen LogP contribution in [0.5, 0.6) is 0 Å². The van der Waals surface area contributed by atoms with Gasteiger partial charge in [0, 0.05) is 18.3 Å². The summed E-state index contributed by atoms with van der Waals surface area (Å²) in [5, 5.41) is 0.158. The van der Waals surface area contributed by atoms with E-state index in [-0.39, 0.29) is 28.3 Å². The molecule has 4 heteroatoms. The van der Waals surface area contributed by atoms with Crippen molar-refractivity contribution in [2.75, 3.05) is 0 Å². The maximum Gasteiger partial charge on any atom is 0.192 e. The van der Waals surface area contributed by atoms with Crippen molar-refractivity contribution in [3.05, 3.63) is 22.8 Å². The minimum atomic E-state index is -1.95. The summed E-state index contributed by atoms with van der Waals surface area (Å²) in [6.07, 6.45) is 7.95. The van der Waals surface area contributed by atoms with E-state index in [1.54, 1.807) is 6.92 Å². The number of carbonyl (C=O) groups is 2. The molecule has 3 nitrogen and oxygen atoms in total. The van der Waals surface area contributed by atoms with Gasteiger partial charge in [0.25, 0.3) is 0 Å². The molecule has 0 amide bonds. The largest absolute Gasteiger partial charge is 0.413 e. The first kappa shape index (κ1) is 23.2. The van der Waals surface area contributed by atoms with Gasteiger partial charge in [0.1, 0.15) is 5.78 Å². The maximum atomic E-state index is 12.6. The maximum absolute atomic E-state index is 12.6. The lowest BCUT2D eigenvalue weighted by Gasteiger charge is -2.50. The Morgan fingerprint density at radius 2 is 1.90 bits per heavy atom. The molecule has 0 aromatic rings. The molecule has 172 valence electrons. The average Bonchev–Trinajstić information content (AvgIpc) is 3.05. The van der Waals surface area contributed by atoms with E-state index in [4.69, 9.17) is 4.43 Å². The van der Waals surface area contributed by atoms with Crippen molar-refractivity contribution in [1.29, 1.82) is 0 Å². The minimum absolute atomic E-state index is 0.0110. The second-order valence-corrected chi connectivity index (χ2v) is 17.4. The first-order valence-electron chi connectivity index (χ1n) is 12.4. The van der Waals surface area contributed by atoms with Gasteiger partial charge in [-0.15, -0.1) is 0 Å². The van der Waals surface area contributed by atoms with E-state index in [0.29, 0.717) is 30.0 Å². The summed E-state index contributed by atoms with van der Waals surface area (Å²) in [5.41, 5.74) is 4.40. The molecule has 0 aromatic heterocycles. The van der Waals surface area contributed by atoms with E-state index >= 15 is 0 Å². The standard InChI is InChI=1S/C27H42O3Si/c1-16-21(17(2)28)15-24(30-31(7,8)26(3,4)5)25-20-10-9-18-13-19(29)11-12-27(18,6)23(20)14-22(16)25/h13,20-21,23-25H,9-12,14-15H2,1-8H3/t20-,21+,23+,24+,25+,27+/m1/s1. The average molecular weight is 443 g/mol. The summed E-state index contributed by atoms with van der Waals surface area (Å²) in [5.74, 6) is 2.25. The van der Waals surface area contributed by atoms with Crippen LogP contribution < -0.4 is 0 Å². The number of hydrogen-bond acceptors (Lipinski definition) is 3. The fourth-order valence-corrected chi connectivity index (χ4v) is 8.39. The van der Waals surface area contributed by atoms with Gasteiger partial charge >= 0.3 is 0 Å². The molecule has 0 aromatic carbocycles. The van der Waals surface area contributed by atoms with Crippen LogP contribution in [0.4, 0.5) is 0 Å². The number of Topliss-reactive ketones (excluding diaryl/α,β-unsaturated/α-hetero) is 1. The van der Waals surface area contributed by atoms with Crippen LogP contribution in [0.1, 0.15) is 80.1 Å². The third-order valence-electron chi connectivity index (χ3n) is 9.99. The van der Waals surface area contributed by atoms with Crippen LogP contribution in [0.2, 0.25) is 18.1 Å². The monoisotopic (exact) mass is 442 g/mol. The van der Waals surface area contributed by atoms with E-state index in [9.17, 15) is 9.59 Å². The van der Waals surface area contributed by atoms with Gasteiger partial charge in [0.2, 0.25) is 0 Å². The Morgan fingerprint density at radius 1 is 1.23 bits per heavy atom. The van der Waals surface area contributed by atoms with Crippen molar-refractivity contribution in [2.45, 2.75) is 104 Å². The zero-order valence-electron chi connectivity index (χ0n) is 20.9. The lowest BCUT2D eigenvalue weighted by Crippen LogP contribution is -2.49. The van der Waals surface area contributed by atoms with Gasteiger partial charge in [-0.3, -0.25) is 9.59 Å². The third kappa shape index (κ3) is 3.66. The van der Waals surface area contributed by atoms with Crippen molar-refractivity contribution in [3.63, 3.8) is 0 Å². The molecule has 0 spiro atoms. The molecule has 0 N–H and O–H groups in total. The summed E-state index contributed by atoms with van der Waals surface area (Å²) in [6.45, 7) is 18.0. The zero-order valence-corrected chi connectivity index (χ0v) is 21.9. The highest BCUT2D eigenvalue weighted by molar-refractivity contribution is 6.74. The number of ketones is 2. The highest BCUT2D eigenvalue weighted by atomic mass is 28.4. The van der Waals surface area contributed by atoms with Crippen molar-refractivity contribution < 1.29 is 14.0 Å². The Balaban J connectivity index is 1.75. The fourth-order valence-electron chi connectivity index (χ4n) is 7.04. The summed E-state index contributed by atoms with van der Waals surface area (Å²) in [7, 11) is -1.95. The Morgan fingerprint density at radius 3 is 2.52 bits per heavy atom. The normalized spacial score (nSPS) is 38.4. The summed E-state index contributed by atoms with van der Waals surface area (Å²) in [6, 6.07) is 0. The molecule has 2 saturated carbocycles. The van der Waals surface area contributed by atoms with Crippen molar-refractivity contribution >= 4 is 19.9 Å². The molecule has 0 bridgehead atoms. The Bertz CT molecular complexity index is 858. The molecule has 0 saturated heterocycles. The lowest BCUT2D eigenvalue weighted by molar-refractivity contribution is -0.121. The molecular formula is C27H42O3Si. The number of hydrogen-bond donors (Lipinski definition) is 0. The lowest BCUT2D eigenvalue weighted by atomic mass is 9.56. The molecule has 0 unspecified atom stereocenters. The molecular weight excluding hydrogens is 400 g/mol. The SMILES string of the molecule is CC(=O)[C@H]1C[C@H](O[Si](C)(C)C(C)(C)C)[C@@H]2C(=C1C)C[C@H]1[C@H]2CCC2=CC(=O)CC[C@@]21C. The Kier molecular flexibility index (Phi) is 5.62. The number of rotatable bonds is 3. The van der Waals surface area contributed by atoms with E-state index in [2.05, 4.69) is 47.7 Å². The van der Waals surface area contributed by atoms with Crippen LogP contribution in [0, 0.1) is 29.1 Å². The first-order valence-corrected chi connectivity index (χ1v) is 15.3. The van der Waals surface area contributed by atoms with E-state index in [1.807, 2.05) is 6.08 Å². The van der Waals surface area contributed by atoms with Crippen molar-refractivity contribution in [3.8, 4) is 0 Å². The minimum Gasteiger partial charge on any atom is -0.413 e. The Hall–Kier alpha value is -1.00. The number of carbonyl (C=O) groups excluding carboxylic acids is 2. The van der Waals surface area contributed by atoms with Gasteiger partial charge in [-0.25, -0.2) is 0 Å². The fraction of sp³-hybridized carbons (Fsp3) is 0.778. The van der Waals surface area contributed by atoms with E-state index in [1.165, 1.54) is 16.7 Å². The van der Waals surface area contributed by atoms with Crippen LogP contribution in [0.25, 0.3) is 0 Å². The predicted molar refractivity (Wildman–Crippen MR) is 128 cm³/mol. The molecule has 0 radical (unpaired) electrons. The smallest absolute Gasteiger partial charge is 0.192 e. The topological polar surface area (TPSA) is 43.4 Å². The summed E-state index contributed by atoms with van der Waals surface area (Å²) >= 11 is 0. The molecule has 0 aliphatic heterocycles. The van der Waals surface area contributed by atoms with Gasteiger partial charge in [-0.2, -0.15) is 0 Å². The Labute approximate surface area is 190 Å². The second-order valence-electron chi connectivity index (χ2n) is 12.6. The van der Waals surface area contributed by atoms with Crippen LogP contribution in [-0.4, -0.2) is 26.0 Å². The van der Waals surface area contributed by atoms with Gasteiger partial charge in [-0.1, -0.05) is 44.4 Å². The van der Waals surface area contributed by atoms with Crippen molar-refractivity contribution in [1.82, 2.24) is 0 Å². The number of allylic oxidation sites excluding steroid dienone is 3. The van der Waals surface area contributed by atoms with Gasteiger partial charge in [0.15, 0.2) is 14.1 Å². The van der Waals surface area contributed by atoms with Crippen LogP contribution in [-0.2, 0) is 14.0 Å².